The van der Waals surface area contributed by atoms with Crippen molar-refractivity contribution in [3.63, 3.8) is 0 Å². The van der Waals surface area contributed by atoms with Gasteiger partial charge in [0.2, 0.25) is 0 Å². The number of ketones is 1. The number of hydrogen-bond donors (Lipinski definition) is 1. The van der Waals surface area contributed by atoms with E-state index in [2.05, 4.69) is 5.32 Å². The number of halogens is 1. The lowest BCUT2D eigenvalue weighted by atomic mass is 9.98. The molecule has 0 fully saturated rings. The summed E-state index contributed by atoms with van der Waals surface area (Å²) in [7, 11) is 1.57. The number of carbonyl (C=O) groups is 2. The standard InChI is InChI=1S/C23H20FNO4/c1-28-18-5-4-6-19(15-18)29-14-13-25-23(27)21-8-3-2-7-20(21)22(26)16-9-11-17(24)12-10-16/h2-12,15H,13-14H2,1H3,(H,25,27). The van der Waals surface area contributed by atoms with Gasteiger partial charge in [0.25, 0.3) is 5.91 Å². The molecule has 3 aromatic rings. The second-order valence-electron chi connectivity index (χ2n) is 6.16. The summed E-state index contributed by atoms with van der Waals surface area (Å²) in [5.74, 6) is 0.155. The molecule has 0 aliphatic carbocycles. The fraction of sp³-hybridized carbons (Fsp3) is 0.130. The first-order valence-corrected chi connectivity index (χ1v) is 9.03. The van der Waals surface area contributed by atoms with Crippen LogP contribution < -0.4 is 14.8 Å². The number of amides is 1. The predicted octanol–water partition coefficient (Wildman–Crippen LogP) is 3.87. The summed E-state index contributed by atoms with van der Waals surface area (Å²) in [6.07, 6.45) is 0. The molecule has 0 unspecified atom stereocenters. The van der Waals surface area contributed by atoms with Crippen molar-refractivity contribution in [2.45, 2.75) is 0 Å². The van der Waals surface area contributed by atoms with Crippen LogP contribution in [0.1, 0.15) is 26.3 Å². The summed E-state index contributed by atoms with van der Waals surface area (Å²) in [5, 5.41) is 2.75. The van der Waals surface area contributed by atoms with E-state index in [9.17, 15) is 14.0 Å². The van der Waals surface area contributed by atoms with Crippen LogP contribution in [0.15, 0.2) is 72.8 Å². The fourth-order valence-electron chi connectivity index (χ4n) is 2.76. The number of nitrogens with one attached hydrogen (secondary N) is 1. The second-order valence-corrected chi connectivity index (χ2v) is 6.16. The Labute approximate surface area is 168 Å². The highest BCUT2D eigenvalue weighted by Gasteiger charge is 2.17. The van der Waals surface area contributed by atoms with Crippen LogP contribution >= 0.6 is 0 Å². The van der Waals surface area contributed by atoms with E-state index in [4.69, 9.17) is 9.47 Å². The van der Waals surface area contributed by atoms with Crippen LogP contribution in [0.4, 0.5) is 4.39 Å². The summed E-state index contributed by atoms with van der Waals surface area (Å²) < 4.78 is 23.8. The van der Waals surface area contributed by atoms with E-state index in [-0.39, 0.29) is 36.0 Å². The van der Waals surface area contributed by atoms with Crippen molar-refractivity contribution >= 4 is 11.7 Å². The molecule has 0 aromatic heterocycles. The van der Waals surface area contributed by atoms with E-state index in [1.807, 2.05) is 12.1 Å². The van der Waals surface area contributed by atoms with Gasteiger partial charge in [-0.3, -0.25) is 9.59 Å². The maximum absolute atomic E-state index is 13.1. The average molecular weight is 393 g/mol. The van der Waals surface area contributed by atoms with Crippen molar-refractivity contribution < 1.29 is 23.5 Å². The van der Waals surface area contributed by atoms with Gasteiger partial charge >= 0.3 is 0 Å². The summed E-state index contributed by atoms with van der Waals surface area (Å²) in [6.45, 7) is 0.516. The minimum atomic E-state index is -0.427. The second kappa shape index (κ2) is 9.50. The first-order chi connectivity index (χ1) is 14.1. The minimum Gasteiger partial charge on any atom is -0.497 e. The third-order valence-electron chi connectivity index (χ3n) is 4.22. The van der Waals surface area contributed by atoms with Gasteiger partial charge in [0, 0.05) is 17.2 Å². The van der Waals surface area contributed by atoms with Gasteiger partial charge < -0.3 is 14.8 Å². The van der Waals surface area contributed by atoms with Crippen LogP contribution in [0.2, 0.25) is 0 Å². The van der Waals surface area contributed by atoms with E-state index in [1.54, 1.807) is 43.5 Å². The summed E-state index contributed by atoms with van der Waals surface area (Å²) in [5.41, 5.74) is 0.821. The Kier molecular flexibility index (Phi) is 6.58. The van der Waals surface area contributed by atoms with E-state index >= 15 is 0 Å². The highest BCUT2D eigenvalue weighted by atomic mass is 19.1. The quantitative estimate of drug-likeness (QED) is 0.466. The van der Waals surface area contributed by atoms with Gasteiger partial charge in [-0.1, -0.05) is 24.3 Å². The number of carbonyl (C=O) groups excluding carboxylic acids is 2. The van der Waals surface area contributed by atoms with E-state index in [1.165, 1.54) is 24.3 Å². The zero-order valence-corrected chi connectivity index (χ0v) is 15.9. The molecule has 0 bridgehead atoms. The summed E-state index contributed by atoms with van der Waals surface area (Å²) in [4.78, 5) is 25.3. The van der Waals surface area contributed by atoms with Crippen molar-refractivity contribution in [2.24, 2.45) is 0 Å². The molecule has 1 N–H and O–H groups in total. The monoisotopic (exact) mass is 393 g/mol. The van der Waals surface area contributed by atoms with Gasteiger partial charge in [0.05, 0.1) is 19.2 Å². The molecule has 0 aliphatic rings. The summed E-state index contributed by atoms with van der Waals surface area (Å²) in [6, 6.07) is 18.9. The number of rotatable bonds is 8. The molecule has 3 aromatic carbocycles. The normalized spacial score (nSPS) is 10.3. The lowest BCUT2D eigenvalue weighted by molar-refractivity contribution is 0.0936. The largest absolute Gasteiger partial charge is 0.497 e. The SMILES string of the molecule is COc1cccc(OCCNC(=O)c2ccccc2C(=O)c2ccc(F)cc2)c1. The van der Waals surface area contributed by atoms with Crippen molar-refractivity contribution in [3.05, 3.63) is 95.3 Å². The van der Waals surface area contributed by atoms with Gasteiger partial charge in [-0.25, -0.2) is 4.39 Å². The molecule has 0 spiro atoms. The zero-order chi connectivity index (χ0) is 20.6. The van der Waals surface area contributed by atoms with Crippen LogP contribution in [0, 0.1) is 5.82 Å². The van der Waals surface area contributed by atoms with Crippen molar-refractivity contribution in [2.75, 3.05) is 20.3 Å². The Morgan fingerprint density at radius 1 is 0.897 bits per heavy atom. The maximum atomic E-state index is 13.1. The number of benzene rings is 3. The topological polar surface area (TPSA) is 64.6 Å². The molecule has 0 aliphatic heterocycles. The van der Waals surface area contributed by atoms with Crippen LogP contribution in [-0.4, -0.2) is 32.0 Å². The van der Waals surface area contributed by atoms with Crippen molar-refractivity contribution in [1.82, 2.24) is 5.32 Å². The Morgan fingerprint density at radius 2 is 1.59 bits per heavy atom. The molecule has 5 nitrogen and oxygen atoms in total. The highest BCUT2D eigenvalue weighted by molar-refractivity contribution is 6.15. The molecule has 0 saturated heterocycles. The molecule has 0 atom stereocenters. The molecule has 148 valence electrons. The lowest BCUT2D eigenvalue weighted by Gasteiger charge is -2.11. The first-order valence-electron chi connectivity index (χ1n) is 9.03. The Hall–Kier alpha value is -3.67. The summed E-state index contributed by atoms with van der Waals surface area (Å²) >= 11 is 0. The minimum absolute atomic E-state index is 0.253. The Balaban J connectivity index is 1.62. The fourth-order valence-corrected chi connectivity index (χ4v) is 2.76. The van der Waals surface area contributed by atoms with Gasteiger partial charge in [0.1, 0.15) is 23.9 Å². The first kappa shape index (κ1) is 20.1. The Morgan fingerprint density at radius 3 is 2.31 bits per heavy atom. The number of hydrogen-bond acceptors (Lipinski definition) is 4. The van der Waals surface area contributed by atoms with Crippen LogP contribution in [-0.2, 0) is 0 Å². The molecular formula is C23H20FNO4. The van der Waals surface area contributed by atoms with Crippen molar-refractivity contribution in [1.29, 1.82) is 0 Å². The molecule has 0 heterocycles. The third kappa shape index (κ3) is 5.19. The molecule has 6 heteroatoms. The lowest BCUT2D eigenvalue weighted by Crippen LogP contribution is -2.29. The van der Waals surface area contributed by atoms with E-state index < -0.39 is 5.82 Å². The maximum Gasteiger partial charge on any atom is 0.252 e. The van der Waals surface area contributed by atoms with E-state index in [0.717, 1.165) is 0 Å². The van der Waals surface area contributed by atoms with Crippen LogP contribution in [0.25, 0.3) is 0 Å². The van der Waals surface area contributed by atoms with Crippen LogP contribution in [0.5, 0.6) is 11.5 Å². The molecule has 29 heavy (non-hydrogen) atoms. The number of methoxy groups -OCH3 is 1. The zero-order valence-electron chi connectivity index (χ0n) is 15.9. The smallest absolute Gasteiger partial charge is 0.252 e. The van der Waals surface area contributed by atoms with Crippen LogP contribution in [0.3, 0.4) is 0 Å². The van der Waals surface area contributed by atoms with E-state index in [0.29, 0.717) is 17.1 Å². The average Bonchev–Trinajstić information content (AvgIpc) is 2.76. The number of ether oxygens (including phenoxy) is 2. The van der Waals surface area contributed by atoms with Gasteiger partial charge in [-0.15, -0.1) is 0 Å². The highest BCUT2D eigenvalue weighted by Crippen LogP contribution is 2.19. The predicted molar refractivity (Wildman–Crippen MR) is 107 cm³/mol. The molecule has 0 radical (unpaired) electrons. The molecule has 3 rings (SSSR count). The Bertz CT molecular complexity index is 1000. The third-order valence-corrected chi connectivity index (χ3v) is 4.22. The molecular weight excluding hydrogens is 373 g/mol. The van der Waals surface area contributed by atoms with Crippen molar-refractivity contribution in [3.8, 4) is 11.5 Å². The van der Waals surface area contributed by atoms with Gasteiger partial charge in [0.15, 0.2) is 5.78 Å². The molecule has 0 saturated carbocycles. The van der Waals surface area contributed by atoms with Gasteiger partial charge in [-0.05, 0) is 42.5 Å². The molecule has 1 amide bonds. The van der Waals surface area contributed by atoms with Gasteiger partial charge in [-0.2, -0.15) is 0 Å².